The average Bonchev–Trinajstić information content (AvgIpc) is 2.85. The molecule has 0 aromatic heterocycles. The first-order valence-electron chi connectivity index (χ1n) is 5.49. The van der Waals surface area contributed by atoms with Gasteiger partial charge in [-0.15, -0.1) is 0 Å². The highest BCUT2D eigenvalue weighted by molar-refractivity contribution is 7.98. The fourth-order valence-electron chi connectivity index (χ4n) is 3.01. The Bertz CT molecular complexity index is 277. The van der Waals surface area contributed by atoms with Gasteiger partial charge in [-0.3, -0.25) is 0 Å². The highest BCUT2D eigenvalue weighted by atomic mass is 32.2. The smallest absolute Gasteiger partial charge is 0.0947 e. The van der Waals surface area contributed by atoms with Crippen LogP contribution in [0.1, 0.15) is 13.3 Å². The normalized spacial score (nSPS) is 43.2. The van der Waals surface area contributed by atoms with Crippen LogP contribution in [-0.4, -0.2) is 31.8 Å². The monoisotopic (exact) mass is 228 g/mol. The van der Waals surface area contributed by atoms with Gasteiger partial charge in [0.05, 0.1) is 18.5 Å². The van der Waals surface area contributed by atoms with Gasteiger partial charge in [0.2, 0.25) is 0 Å². The standard InChI is InChI=1S/C12H20O2S/c1-8-5-9-10(6-11(8)13-2)12(9,14-3)7-15-4/h6,8-10H,5,7H2,1-4H3/t8-,9+,10-,12+/m1/s1. The van der Waals surface area contributed by atoms with Gasteiger partial charge in [0.25, 0.3) is 0 Å². The van der Waals surface area contributed by atoms with Gasteiger partial charge in [0.15, 0.2) is 0 Å². The lowest BCUT2D eigenvalue weighted by Gasteiger charge is -2.18. The van der Waals surface area contributed by atoms with Gasteiger partial charge in [-0.05, 0) is 24.7 Å². The van der Waals surface area contributed by atoms with Crippen molar-refractivity contribution in [3.05, 3.63) is 11.8 Å². The molecule has 86 valence electrons. The number of rotatable bonds is 4. The molecule has 2 nitrogen and oxygen atoms in total. The summed E-state index contributed by atoms with van der Waals surface area (Å²) >= 11 is 1.88. The first-order chi connectivity index (χ1) is 7.19. The maximum absolute atomic E-state index is 5.76. The number of methoxy groups -OCH3 is 2. The second kappa shape index (κ2) is 4.02. The summed E-state index contributed by atoms with van der Waals surface area (Å²) < 4.78 is 11.2. The Morgan fingerprint density at radius 3 is 2.80 bits per heavy atom. The topological polar surface area (TPSA) is 18.5 Å². The molecule has 0 amide bonds. The molecule has 0 unspecified atom stereocenters. The molecule has 0 radical (unpaired) electrons. The van der Waals surface area contributed by atoms with Crippen LogP contribution < -0.4 is 0 Å². The third-order valence-electron chi connectivity index (χ3n) is 3.94. The summed E-state index contributed by atoms with van der Waals surface area (Å²) in [4.78, 5) is 0. The van der Waals surface area contributed by atoms with Crippen molar-refractivity contribution in [3.8, 4) is 0 Å². The van der Waals surface area contributed by atoms with E-state index < -0.39 is 0 Å². The molecule has 2 aliphatic rings. The molecule has 2 rings (SSSR count). The van der Waals surface area contributed by atoms with E-state index in [-0.39, 0.29) is 5.60 Å². The molecular formula is C12H20O2S. The fourth-order valence-corrected chi connectivity index (χ4v) is 3.98. The minimum atomic E-state index is 0.105. The average molecular weight is 228 g/mol. The molecular weight excluding hydrogens is 208 g/mol. The minimum absolute atomic E-state index is 0.105. The summed E-state index contributed by atoms with van der Waals surface area (Å²) in [7, 11) is 3.62. The highest BCUT2D eigenvalue weighted by Crippen LogP contribution is 2.61. The summed E-state index contributed by atoms with van der Waals surface area (Å²) in [5, 5.41) is 0. The van der Waals surface area contributed by atoms with E-state index in [1.807, 2.05) is 18.9 Å². The molecule has 0 aromatic carbocycles. The predicted molar refractivity (Wildman–Crippen MR) is 64.0 cm³/mol. The highest BCUT2D eigenvalue weighted by Gasteiger charge is 2.65. The Labute approximate surface area is 96.4 Å². The number of thioether (sulfide) groups is 1. The Morgan fingerprint density at radius 2 is 2.27 bits per heavy atom. The minimum Gasteiger partial charge on any atom is -0.501 e. The van der Waals surface area contributed by atoms with Crippen molar-refractivity contribution in [2.75, 3.05) is 26.2 Å². The third kappa shape index (κ3) is 1.60. The van der Waals surface area contributed by atoms with Crippen molar-refractivity contribution >= 4 is 11.8 Å². The number of allylic oxidation sites excluding steroid dienone is 1. The Hall–Kier alpha value is -0.150. The van der Waals surface area contributed by atoms with Gasteiger partial charge in [-0.25, -0.2) is 0 Å². The van der Waals surface area contributed by atoms with Crippen LogP contribution in [0.15, 0.2) is 11.8 Å². The number of ether oxygens (including phenoxy) is 2. The van der Waals surface area contributed by atoms with E-state index in [2.05, 4.69) is 19.3 Å². The predicted octanol–water partition coefficient (Wildman–Crippen LogP) is 2.55. The molecule has 1 fully saturated rings. The van der Waals surface area contributed by atoms with Crippen LogP contribution in [0.25, 0.3) is 0 Å². The molecule has 0 aliphatic heterocycles. The molecule has 0 aromatic rings. The van der Waals surface area contributed by atoms with E-state index >= 15 is 0 Å². The Morgan fingerprint density at radius 1 is 1.53 bits per heavy atom. The first-order valence-corrected chi connectivity index (χ1v) is 6.88. The maximum atomic E-state index is 5.76. The van der Waals surface area contributed by atoms with Gasteiger partial charge in [0, 0.05) is 24.7 Å². The van der Waals surface area contributed by atoms with Crippen LogP contribution >= 0.6 is 11.8 Å². The lowest BCUT2D eigenvalue weighted by molar-refractivity contribution is 0.0778. The first kappa shape index (κ1) is 11.3. The van der Waals surface area contributed by atoms with Crippen molar-refractivity contribution < 1.29 is 9.47 Å². The SMILES string of the molecule is COC1=C[C@@H]2[C@H](C[C@H]1C)[C@]2(CSC)OC. The summed E-state index contributed by atoms with van der Waals surface area (Å²) in [5.41, 5.74) is 0.105. The van der Waals surface area contributed by atoms with Crippen molar-refractivity contribution in [2.45, 2.75) is 18.9 Å². The number of hydrogen-bond acceptors (Lipinski definition) is 3. The molecule has 0 spiro atoms. The summed E-state index contributed by atoms with van der Waals surface area (Å²) in [6.07, 6.45) is 5.65. The van der Waals surface area contributed by atoms with E-state index in [1.54, 1.807) is 7.11 Å². The van der Waals surface area contributed by atoms with Crippen molar-refractivity contribution in [3.63, 3.8) is 0 Å². The second-order valence-corrected chi connectivity index (χ2v) is 5.50. The molecule has 3 heteroatoms. The molecule has 0 saturated heterocycles. The zero-order valence-electron chi connectivity index (χ0n) is 9.95. The molecule has 0 heterocycles. The molecule has 15 heavy (non-hydrogen) atoms. The van der Waals surface area contributed by atoms with Gasteiger partial charge < -0.3 is 9.47 Å². The van der Waals surface area contributed by atoms with E-state index in [1.165, 1.54) is 6.42 Å². The van der Waals surface area contributed by atoms with Gasteiger partial charge in [0.1, 0.15) is 0 Å². The summed E-state index contributed by atoms with van der Waals surface area (Å²) in [5.74, 6) is 4.09. The third-order valence-corrected chi connectivity index (χ3v) is 4.68. The number of hydrogen-bond donors (Lipinski definition) is 0. The molecule has 2 aliphatic carbocycles. The van der Waals surface area contributed by atoms with Gasteiger partial charge >= 0.3 is 0 Å². The zero-order valence-corrected chi connectivity index (χ0v) is 10.8. The molecule has 0 bridgehead atoms. The zero-order chi connectivity index (χ0) is 11.1. The van der Waals surface area contributed by atoms with Crippen LogP contribution in [0.2, 0.25) is 0 Å². The molecule has 0 N–H and O–H groups in total. The van der Waals surface area contributed by atoms with Crippen LogP contribution in [-0.2, 0) is 9.47 Å². The van der Waals surface area contributed by atoms with E-state index in [0.717, 1.165) is 11.5 Å². The largest absolute Gasteiger partial charge is 0.501 e. The fraction of sp³-hybridized carbons (Fsp3) is 0.833. The van der Waals surface area contributed by atoms with Gasteiger partial charge in [-0.1, -0.05) is 6.92 Å². The number of fused-ring (bicyclic) bond motifs is 1. The Kier molecular flexibility index (Phi) is 3.04. The van der Waals surface area contributed by atoms with Crippen molar-refractivity contribution in [1.82, 2.24) is 0 Å². The summed E-state index contributed by atoms with van der Waals surface area (Å²) in [6, 6.07) is 0. The lowest BCUT2D eigenvalue weighted by Crippen LogP contribution is -2.20. The Balaban J connectivity index is 2.15. The lowest BCUT2D eigenvalue weighted by atomic mass is 9.95. The van der Waals surface area contributed by atoms with Crippen LogP contribution in [0.4, 0.5) is 0 Å². The quantitative estimate of drug-likeness (QED) is 0.737. The molecule has 4 atom stereocenters. The summed E-state index contributed by atoms with van der Waals surface area (Å²) in [6.45, 7) is 2.24. The van der Waals surface area contributed by atoms with Crippen molar-refractivity contribution in [2.24, 2.45) is 17.8 Å². The second-order valence-electron chi connectivity index (χ2n) is 4.63. The molecule has 1 saturated carbocycles. The van der Waals surface area contributed by atoms with E-state index in [0.29, 0.717) is 17.8 Å². The van der Waals surface area contributed by atoms with E-state index in [9.17, 15) is 0 Å². The van der Waals surface area contributed by atoms with Crippen molar-refractivity contribution in [1.29, 1.82) is 0 Å². The van der Waals surface area contributed by atoms with Gasteiger partial charge in [-0.2, -0.15) is 11.8 Å². The van der Waals surface area contributed by atoms with Crippen LogP contribution in [0.3, 0.4) is 0 Å². The van der Waals surface area contributed by atoms with E-state index in [4.69, 9.17) is 9.47 Å². The maximum Gasteiger partial charge on any atom is 0.0947 e. The van der Waals surface area contributed by atoms with Crippen LogP contribution in [0.5, 0.6) is 0 Å². The van der Waals surface area contributed by atoms with Crippen LogP contribution in [0, 0.1) is 17.8 Å².